The second-order valence-electron chi connectivity index (χ2n) is 4.73. The van der Waals surface area contributed by atoms with Gasteiger partial charge in [0.15, 0.2) is 0 Å². The summed E-state index contributed by atoms with van der Waals surface area (Å²) in [6.45, 7) is 0. The highest BCUT2D eigenvalue weighted by molar-refractivity contribution is 6.35. The number of rotatable bonds is 3. The van der Waals surface area contributed by atoms with Gasteiger partial charge in [0.25, 0.3) is 0 Å². The molecule has 0 bridgehead atoms. The van der Waals surface area contributed by atoms with Gasteiger partial charge in [-0.25, -0.2) is 10.4 Å². The first-order chi connectivity index (χ1) is 10.2. The Balaban J connectivity index is 1.61. The highest BCUT2D eigenvalue weighted by atomic mass is 16.2. The van der Waals surface area contributed by atoms with Gasteiger partial charge >= 0.3 is 11.8 Å². The maximum atomic E-state index is 11.4. The molecule has 1 heterocycles. The van der Waals surface area contributed by atoms with Crippen molar-refractivity contribution in [3.05, 3.63) is 36.2 Å². The lowest BCUT2D eigenvalue weighted by Gasteiger charge is -2.00. The first kappa shape index (κ1) is 13.2. The second-order valence-corrected chi connectivity index (χ2v) is 4.73. The number of aromatic nitrogens is 2. The largest absolute Gasteiger partial charge is 0.345 e. The molecule has 106 valence electrons. The Labute approximate surface area is 120 Å². The van der Waals surface area contributed by atoms with Crippen LogP contribution in [-0.4, -0.2) is 34.0 Å². The SMILES string of the molecule is O=C(N/N=C\c1cnc2ccccc2n1)C(=O)NC1CC1. The Hall–Kier alpha value is -2.83. The minimum absolute atomic E-state index is 0.138. The zero-order valence-corrected chi connectivity index (χ0v) is 11.1. The van der Waals surface area contributed by atoms with Gasteiger partial charge in [-0.1, -0.05) is 12.1 Å². The van der Waals surface area contributed by atoms with Crippen LogP contribution in [0.4, 0.5) is 0 Å². The molecule has 0 radical (unpaired) electrons. The molecule has 2 N–H and O–H groups in total. The average molecular weight is 283 g/mol. The molecule has 1 saturated carbocycles. The first-order valence-corrected chi connectivity index (χ1v) is 6.58. The Kier molecular flexibility index (Phi) is 3.55. The van der Waals surface area contributed by atoms with Crippen LogP contribution in [0.25, 0.3) is 11.0 Å². The van der Waals surface area contributed by atoms with E-state index in [1.807, 2.05) is 24.3 Å². The summed E-state index contributed by atoms with van der Waals surface area (Å²) in [5.41, 5.74) is 4.18. The lowest BCUT2D eigenvalue weighted by molar-refractivity contribution is -0.139. The smallest absolute Gasteiger partial charge is 0.329 e. The fourth-order valence-electron chi connectivity index (χ4n) is 1.72. The molecule has 3 rings (SSSR count). The van der Waals surface area contributed by atoms with Gasteiger partial charge in [0, 0.05) is 6.04 Å². The van der Waals surface area contributed by atoms with Gasteiger partial charge in [-0.05, 0) is 25.0 Å². The molecule has 1 aromatic carbocycles. The molecule has 0 aliphatic heterocycles. The van der Waals surface area contributed by atoms with Crippen LogP contribution in [0.3, 0.4) is 0 Å². The summed E-state index contributed by atoms with van der Waals surface area (Å²) in [4.78, 5) is 31.3. The van der Waals surface area contributed by atoms with Gasteiger partial charge in [-0.3, -0.25) is 14.6 Å². The quantitative estimate of drug-likeness (QED) is 0.483. The van der Waals surface area contributed by atoms with Gasteiger partial charge in [0.05, 0.1) is 23.4 Å². The zero-order chi connectivity index (χ0) is 14.7. The van der Waals surface area contributed by atoms with Crippen molar-refractivity contribution in [3.63, 3.8) is 0 Å². The number of hydrogen-bond donors (Lipinski definition) is 2. The Bertz CT molecular complexity index is 724. The normalized spacial score (nSPS) is 14.3. The van der Waals surface area contributed by atoms with Crippen LogP contribution in [0, 0.1) is 0 Å². The third-order valence-corrected chi connectivity index (χ3v) is 2.95. The molecule has 7 heteroatoms. The maximum Gasteiger partial charge on any atom is 0.329 e. The van der Waals surface area contributed by atoms with Crippen LogP contribution in [0.15, 0.2) is 35.6 Å². The van der Waals surface area contributed by atoms with E-state index >= 15 is 0 Å². The summed E-state index contributed by atoms with van der Waals surface area (Å²) >= 11 is 0. The lowest BCUT2D eigenvalue weighted by Crippen LogP contribution is -2.38. The summed E-state index contributed by atoms with van der Waals surface area (Å²) in [6, 6.07) is 7.57. The Morgan fingerprint density at radius 1 is 1.19 bits per heavy atom. The number of hydrazone groups is 1. The number of benzene rings is 1. The van der Waals surface area contributed by atoms with Gasteiger partial charge < -0.3 is 5.32 Å². The molecule has 1 aliphatic rings. The van der Waals surface area contributed by atoms with Crippen molar-refractivity contribution >= 4 is 29.1 Å². The number of carbonyl (C=O) groups is 2. The topological polar surface area (TPSA) is 96.3 Å². The van der Waals surface area contributed by atoms with Crippen LogP contribution >= 0.6 is 0 Å². The molecular formula is C14H13N5O2. The average Bonchev–Trinajstić information content (AvgIpc) is 3.31. The number of fused-ring (bicyclic) bond motifs is 1. The highest BCUT2D eigenvalue weighted by Crippen LogP contribution is 2.18. The monoisotopic (exact) mass is 283 g/mol. The molecule has 0 atom stereocenters. The van der Waals surface area contributed by atoms with E-state index in [2.05, 4.69) is 25.8 Å². The molecule has 0 unspecified atom stereocenters. The van der Waals surface area contributed by atoms with E-state index in [-0.39, 0.29) is 6.04 Å². The number of hydrogen-bond acceptors (Lipinski definition) is 5. The number of nitrogens with one attached hydrogen (secondary N) is 2. The van der Waals surface area contributed by atoms with E-state index < -0.39 is 11.8 Å². The lowest BCUT2D eigenvalue weighted by atomic mass is 10.3. The van der Waals surface area contributed by atoms with Crippen LogP contribution in [0.1, 0.15) is 18.5 Å². The molecule has 2 aromatic rings. The van der Waals surface area contributed by atoms with Gasteiger partial charge in [0.2, 0.25) is 0 Å². The van der Waals surface area contributed by atoms with Crippen molar-refractivity contribution in [2.24, 2.45) is 5.10 Å². The van der Waals surface area contributed by atoms with Crippen molar-refractivity contribution < 1.29 is 9.59 Å². The molecule has 1 aromatic heterocycles. The molecule has 0 spiro atoms. The van der Waals surface area contributed by atoms with E-state index in [0.717, 1.165) is 23.9 Å². The number of nitrogens with zero attached hydrogens (tertiary/aromatic N) is 3. The van der Waals surface area contributed by atoms with Crippen LogP contribution < -0.4 is 10.7 Å². The van der Waals surface area contributed by atoms with E-state index in [0.29, 0.717) is 5.69 Å². The molecule has 1 fully saturated rings. The van der Waals surface area contributed by atoms with Crippen molar-refractivity contribution in [1.29, 1.82) is 0 Å². The van der Waals surface area contributed by atoms with Crippen molar-refractivity contribution in [2.45, 2.75) is 18.9 Å². The molecule has 0 saturated heterocycles. The predicted octanol–water partition coefficient (Wildman–Crippen LogP) is 0.358. The summed E-state index contributed by atoms with van der Waals surface area (Å²) < 4.78 is 0. The summed E-state index contributed by atoms with van der Waals surface area (Å²) in [5, 5.41) is 6.28. The highest BCUT2D eigenvalue weighted by Gasteiger charge is 2.26. The van der Waals surface area contributed by atoms with E-state index in [4.69, 9.17) is 0 Å². The molecule has 2 amide bonds. The van der Waals surface area contributed by atoms with Gasteiger partial charge in [-0.2, -0.15) is 5.10 Å². The van der Waals surface area contributed by atoms with Crippen molar-refractivity contribution in [3.8, 4) is 0 Å². The minimum atomic E-state index is -0.785. The third-order valence-electron chi connectivity index (χ3n) is 2.95. The third kappa shape index (κ3) is 3.38. The van der Waals surface area contributed by atoms with Crippen LogP contribution in [0.2, 0.25) is 0 Å². The van der Waals surface area contributed by atoms with E-state index in [1.54, 1.807) is 6.20 Å². The van der Waals surface area contributed by atoms with Crippen molar-refractivity contribution in [2.75, 3.05) is 0 Å². The van der Waals surface area contributed by atoms with Crippen LogP contribution in [-0.2, 0) is 9.59 Å². The van der Waals surface area contributed by atoms with E-state index in [9.17, 15) is 9.59 Å². The van der Waals surface area contributed by atoms with Crippen LogP contribution in [0.5, 0.6) is 0 Å². The molecule has 7 nitrogen and oxygen atoms in total. The number of carbonyl (C=O) groups excluding carboxylic acids is 2. The zero-order valence-electron chi connectivity index (χ0n) is 11.1. The fourth-order valence-corrected chi connectivity index (χ4v) is 1.72. The molecular weight excluding hydrogens is 270 g/mol. The summed E-state index contributed by atoms with van der Waals surface area (Å²) in [5.74, 6) is -1.45. The first-order valence-electron chi connectivity index (χ1n) is 6.58. The standard InChI is InChI=1S/C14H13N5O2/c20-13(18-9-5-6-9)14(21)19-16-8-10-7-15-11-3-1-2-4-12(11)17-10/h1-4,7-9H,5-6H2,(H,18,20)(H,19,21)/b16-8-. The predicted molar refractivity (Wildman–Crippen MR) is 76.4 cm³/mol. The Morgan fingerprint density at radius 3 is 2.71 bits per heavy atom. The number of para-hydroxylation sites is 2. The molecule has 21 heavy (non-hydrogen) atoms. The fraction of sp³-hybridized carbons (Fsp3) is 0.214. The molecule has 1 aliphatic carbocycles. The number of amides is 2. The van der Waals surface area contributed by atoms with Gasteiger partial charge in [-0.15, -0.1) is 0 Å². The minimum Gasteiger partial charge on any atom is -0.345 e. The Morgan fingerprint density at radius 2 is 1.95 bits per heavy atom. The van der Waals surface area contributed by atoms with Crippen molar-refractivity contribution in [1.82, 2.24) is 20.7 Å². The maximum absolute atomic E-state index is 11.4. The second kappa shape index (κ2) is 5.66. The van der Waals surface area contributed by atoms with E-state index in [1.165, 1.54) is 6.21 Å². The van der Waals surface area contributed by atoms with Gasteiger partial charge in [0.1, 0.15) is 5.69 Å². The summed E-state index contributed by atoms with van der Waals surface area (Å²) in [7, 11) is 0. The summed E-state index contributed by atoms with van der Waals surface area (Å²) in [6.07, 6.45) is 4.74.